The molecule has 0 saturated heterocycles. The summed E-state index contributed by atoms with van der Waals surface area (Å²) in [4.78, 5) is 21.6. The molecule has 0 aromatic carbocycles. The highest BCUT2D eigenvalue weighted by molar-refractivity contribution is 5.77. The highest BCUT2D eigenvalue weighted by Crippen LogP contribution is 2.28. The lowest BCUT2D eigenvalue weighted by Gasteiger charge is -2.26. The average Bonchev–Trinajstić information content (AvgIpc) is 2.26. The molecule has 1 aliphatic rings. The smallest absolute Gasteiger partial charge is 0.306 e. The van der Waals surface area contributed by atoms with Crippen LogP contribution in [-0.2, 0) is 9.59 Å². The summed E-state index contributed by atoms with van der Waals surface area (Å²) in [6.45, 7) is 0.646. The molecular weight excluding hydrogens is 196 g/mol. The fourth-order valence-electron chi connectivity index (χ4n) is 1.94. The van der Waals surface area contributed by atoms with Gasteiger partial charge in [-0.1, -0.05) is 0 Å². The van der Waals surface area contributed by atoms with Crippen molar-refractivity contribution in [2.45, 2.75) is 25.7 Å². The van der Waals surface area contributed by atoms with Crippen LogP contribution in [0.2, 0.25) is 0 Å². The maximum absolute atomic E-state index is 10.9. The molecule has 0 radical (unpaired) electrons. The number of carboxylic acid groups (broad SMARTS) is 1. The first kappa shape index (κ1) is 12.0. The largest absolute Gasteiger partial charge is 0.481 e. The molecule has 0 aromatic heterocycles. The number of nitrogens with one attached hydrogen (secondary N) is 1. The van der Waals surface area contributed by atoms with Crippen molar-refractivity contribution < 1.29 is 14.7 Å². The van der Waals surface area contributed by atoms with E-state index in [4.69, 9.17) is 10.8 Å². The number of nitrogens with two attached hydrogens (primary N) is 1. The van der Waals surface area contributed by atoms with Crippen LogP contribution < -0.4 is 11.1 Å². The van der Waals surface area contributed by atoms with Crippen molar-refractivity contribution in [3.05, 3.63) is 0 Å². The van der Waals surface area contributed by atoms with E-state index in [1.807, 2.05) is 0 Å². The fraction of sp³-hybridized carbons (Fsp3) is 0.800. The van der Waals surface area contributed by atoms with Crippen molar-refractivity contribution in [3.8, 4) is 0 Å². The van der Waals surface area contributed by atoms with Crippen molar-refractivity contribution in [1.29, 1.82) is 0 Å². The lowest BCUT2D eigenvalue weighted by molar-refractivity contribution is -0.143. The van der Waals surface area contributed by atoms with Gasteiger partial charge in [-0.3, -0.25) is 9.59 Å². The molecule has 0 spiro atoms. The zero-order chi connectivity index (χ0) is 11.3. The monoisotopic (exact) mass is 214 g/mol. The van der Waals surface area contributed by atoms with E-state index >= 15 is 0 Å². The summed E-state index contributed by atoms with van der Waals surface area (Å²) in [6, 6.07) is 0. The second kappa shape index (κ2) is 5.70. The molecule has 1 saturated carbocycles. The maximum atomic E-state index is 10.9. The summed E-state index contributed by atoms with van der Waals surface area (Å²) in [6.07, 6.45) is 3.20. The topological polar surface area (TPSA) is 92.4 Å². The second-order valence-corrected chi connectivity index (χ2v) is 4.06. The number of hydrogen-bond donors (Lipinski definition) is 3. The number of carbonyl (C=O) groups excluding carboxylic acids is 1. The minimum Gasteiger partial charge on any atom is -0.481 e. The molecule has 86 valence electrons. The molecule has 0 atom stereocenters. The highest BCUT2D eigenvalue weighted by Gasteiger charge is 2.25. The van der Waals surface area contributed by atoms with Crippen LogP contribution in [0.5, 0.6) is 0 Å². The van der Waals surface area contributed by atoms with Crippen LogP contribution in [0.15, 0.2) is 0 Å². The van der Waals surface area contributed by atoms with Crippen LogP contribution in [0.4, 0.5) is 0 Å². The molecule has 1 fully saturated rings. The van der Waals surface area contributed by atoms with E-state index < -0.39 is 5.97 Å². The molecule has 5 heteroatoms. The van der Waals surface area contributed by atoms with E-state index in [9.17, 15) is 9.59 Å². The van der Waals surface area contributed by atoms with Gasteiger partial charge < -0.3 is 16.2 Å². The average molecular weight is 214 g/mol. The molecule has 15 heavy (non-hydrogen) atoms. The van der Waals surface area contributed by atoms with Gasteiger partial charge >= 0.3 is 5.97 Å². The lowest BCUT2D eigenvalue weighted by Crippen LogP contribution is -2.35. The number of hydrogen-bond acceptors (Lipinski definition) is 3. The van der Waals surface area contributed by atoms with Crippen LogP contribution in [0.3, 0.4) is 0 Å². The molecule has 0 heterocycles. The number of aliphatic carboxylic acids is 1. The maximum Gasteiger partial charge on any atom is 0.306 e. The Morgan fingerprint density at radius 1 is 1.27 bits per heavy atom. The Labute approximate surface area is 89.0 Å². The molecule has 4 N–H and O–H groups in total. The predicted octanol–water partition coefficient (Wildman–Crippen LogP) is -0.0477. The quantitative estimate of drug-likeness (QED) is 0.612. The Kier molecular flexibility index (Phi) is 4.55. The Bertz CT molecular complexity index is 235. The molecule has 0 aromatic rings. The first-order valence-electron chi connectivity index (χ1n) is 5.33. The summed E-state index contributed by atoms with van der Waals surface area (Å²) in [5.74, 6) is -0.614. The van der Waals surface area contributed by atoms with Crippen LogP contribution in [-0.4, -0.2) is 30.1 Å². The molecule has 1 rings (SSSR count). The zero-order valence-electron chi connectivity index (χ0n) is 8.74. The van der Waals surface area contributed by atoms with Gasteiger partial charge in [0.25, 0.3) is 0 Å². The van der Waals surface area contributed by atoms with Gasteiger partial charge in [0, 0.05) is 6.54 Å². The first-order valence-corrected chi connectivity index (χ1v) is 5.33. The Morgan fingerprint density at radius 3 is 2.33 bits per heavy atom. The van der Waals surface area contributed by atoms with Crippen LogP contribution in [0, 0.1) is 11.8 Å². The van der Waals surface area contributed by atoms with Crippen LogP contribution >= 0.6 is 0 Å². The van der Waals surface area contributed by atoms with Gasteiger partial charge in [0.05, 0.1) is 12.5 Å². The summed E-state index contributed by atoms with van der Waals surface area (Å²) in [5, 5.41) is 11.5. The van der Waals surface area contributed by atoms with Gasteiger partial charge in [0.1, 0.15) is 0 Å². The third kappa shape index (κ3) is 3.87. The highest BCUT2D eigenvalue weighted by atomic mass is 16.4. The number of rotatable bonds is 4. The van der Waals surface area contributed by atoms with E-state index in [0.717, 1.165) is 25.7 Å². The van der Waals surface area contributed by atoms with Crippen molar-refractivity contribution in [3.63, 3.8) is 0 Å². The van der Waals surface area contributed by atoms with E-state index in [2.05, 4.69) is 5.32 Å². The summed E-state index contributed by atoms with van der Waals surface area (Å²) in [5.41, 5.74) is 5.16. The SMILES string of the molecule is NCC(=O)NC[C@H]1CC[C@H](C(=O)O)CC1. The van der Waals surface area contributed by atoms with Crippen molar-refractivity contribution in [2.75, 3.05) is 13.1 Å². The molecule has 1 aliphatic carbocycles. The van der Waals surface area contributed by atoms with Gasteiger partial charge in [-0.2, -0.15) is 0 Å². The van der Waals surface area contributed by atoms with Gasteiger partial charge in [-0.05, 0) is 31.6 Å². The number of amides is 1. The standard InChI is InChI=1S/C10H18N2O3/c11-5-9(13)12-6-7-1-3-8(4-2-7)10(14)15/h7-8H,1-6,11H2,(H,12,13)(H,14,15)/t7-,8-. The lowest BCUT2D eigenvalue weighted by atomic mass is 9.82. The first-order chi connectivity index (χ1) is 7.13. The molecule has 5 nitrogen and oxygen atoms in total. The van der Waals surface area contributed by atoms with E-state index in [0.29, 0.717) is 12.5 Å². The van der Waals surface area contributed by atoms with Crippen molar-refractivity contribution in [2.24, 2.45) is 17.6 Å². The van der Waals surface area contributed by atoms with E-state index in [-0.39, 0.29) is 18.4 Å². The minimum absolute atomic E-state index is 0.0183. The Morgan fingerprint density at radius 2 is 1.87 bits per heavy atom. The summed E-state index contributed by atoms with van der Waals surface area (Å²) >= 11 is 0. The molecule has 1 amide bonds. The van der Waals surface area contributed by atoms with Gasteiger partial charge in [0.15, 0.2) is 0 Å². The normalized spacial score (nSPS) is 25.9. The molecular formula is C10H18N2O3. The predicted molar refractivity (Wildman–Crippen MR) is 55.1 cm³/mol. The minimum atomic E-state index is -0.695. The Hall–Kier alpha value is -1.10. The number of carbonyl (C=O) groups is 2. The molecule has 0 aliphatic heterocycles. The third-order valence-corrected chi connectivity index (χ3v) is 2.97. The van der Waals surface area contributed by atoms with E-state index in [1.54, 1.807) is 0 Å². The van der Waals surface area contributed by atoms with E-state index in [1.165, 1.54) is 0 Å². The number of carboxylic acids is 1. The fourth-order valence-corrected chi connectivity index (χ4v) is 1.94. The molecule has 0 unspecified atom stereocenters. The van der Waals surface area contributed by atoms with Crippen LogP contribution in [0.1, 0.15) is 25.7 Å². The van der Waals surface area contributed by atoms with Crippen LogP contribution in [0.25, 0.3) is 0 Å². The van der Waals surface area contributed by atoms with Crippen molar-refractivity contribution in [1.82, 2.24) is 5.32 Å². The summed E-state index contributed by atoms with van der Waals surface area (Å²) in [7, 11) is 0. The Balaban J connectivity index is 2.20. The second-order valence-electron chi connectivity index (χ2n) is 4.06. The van der Waals surface area contributed by atoms with Gasteiger partial charge in [0.2, 0.25) is 5.91 Å². The third-order valence-electron chi connectivity index (χ3n) is 2.97. The zero-order valence-corrected chi connectivity index (χ0v) is 8.74. The van der Waals surface area contributed by atoms with Gasteiger partial charge in [-0.25, -0.2) is 0 Å². The molecule has 0 bridgehead atoms. The van der Waals surface area contributed by atoms with Gasteiger partial charge in [-0.15, -0.1) is 0 Å². The van der Waals surface area contributed by atoms with Crippen molar-refractivity contribution >= 4 is 11.9 Å². The summed E-state index contributed by atoms with van der Waals surface area (Å²) < 4.78 is 0.